The van der Waals surface area contributed by atoms with Crippen molar-refractivity contribution in [3.05, 3.63) is 82.9 Å². The number of aryl methyl sites for hydroxylation is 1. The van der Waals surface area contributed by atoms with E-state index in [2.05, 4.69) is 35.6 Å². The number of hydrogen-bond donors (Lipinski definition) is 2. The number of benzene rings is 2. The van der Waals surface area contributed by atoms with E-state index in [0.29, 0.717) is 36.9 Å². The molecule has 0 saturated heterocycles. The maximum atomic E-state index is 12.3. The van der Waals surface area contributed by atoms with E-state index in [1.807, 2.05) is 24.4 Å². The van der Waals surface area contributed by atoms with Crippen molar-refractivity contribution >= 4 is 17.6 Å². The number of carboxylic acid groups (broad SMARTS) is 1. The van der Waals surface area contributed by atoms with Crippen LogP contribution < -0.4 is 5.32 Å². The fourth-order valence-electron chi connectivity index (χ4n) is 3.73. The quantitative estimate of drug-likeness (QED) is 0.303. The Hall–Kier alpha value is -3.61. The van der Waals surface area contributed by atoms with E-state index in [0.717, 1.165) is 42.8 Å². The van der Waals surface area contributed by atoms with Gasteiger partial charge in [-0.05, 0) is 48.6 Å². The van der Waals surface area contributed by atoms with Gasteiger partial charge >= 0.3 is 11.9 Å². The maximum Gasteiger partial charge on any atom is 0.338 e. The van der Waals surface area contributed by atoms with Crippen LogP contribution in [-0.4, -0.2) is 33.2 Å². The Morgan fingerprint density at radius 2 is 1.86 bits per heavy atom. The van der Waals surface area contributed by atoms with Crippen LogP contribution in [0, 0.1) is 5.92 Å². The van der Waals surface area contributed by atoms with Crippen LogP contribution in [0.4, 0.5) is 5.69 Å². The SMILES string of the molecule is CCCCc1ncc(CNc2ccccc2C(=O)O)n1Cc1ccc(C(=O)OCCC(C)C)cc1. The lowest BCUT2D eigenvalue weighted by Gasteiger charge is -2.15. The number of para-hydroxylation sites is 1. The second-order valence-corrected chi connectivity index (χ2v) is 9.08. The smallest absolute Gasteiger partial charge is 0.338 e. The number of carboxylic acids is 1. The first kappa shape index (κ1) is 26.0. The van der Waals surface area contributed by atoms with Crippen molar-refractivity contribution in [1.29, 1.82) is 0 Å². The van der Waals surface area contributed by atoms with Gasteiger partial charge in [-0.2, -0.15) is 0 Å². The first-order chi connectivity index (χ1) is 16.9. The average molecular weight is 478 g/mol. The molecular weight excluding hydrogens is 442 g/mol. The maximum absolute atomic E-state index is 12.3. The van der Waals surface area contributed by atoms with Crippen molar-refractivity contribution in [3.63, 3.8) is 0 Å². The Labute approximate surface area is 207 Å². The van der Waals surface area contributed by atoms with Gasteiger partial charge in [0, 0.05) is 18.7 Å². The summed E-state index contributed by atoms with van der Waals surface area (Å²) < 4.78 is 7.53. The van der Waals surface area contributed by atoms with Crippen molar-refractivity contribution in [1.82, 2.24) is 9.55 Å². The molecule has 0 saturated carbocycles. The summed E-state index contributed by atoms with van der Waals surface area (Å²) in [5.41, 5.74) is 3.37. The molecule has 1 heterocycles. The molecule has 0 atom stereocenters. The largest absolute Gasteiger partial charge is 0.478 e. The molecule has 0 amide bonds. The van der Waals surface area contributed by atoms with Crippen molar-refractivity contribution in [2.24, 2.45) is 5.92 Å². The Balaban J connectivity index is 1.74. The summed E-state index contributed by atoms with van der Waals surface area (Å²) in [6.07, 6.45) is 5.66. The van der Waals surface area contributed by atoms with E-state index in [9.17, 15) is 14.7 Å². The number of anilines is 1. The standard InChI is InChI=1S/C28H35N3O4/c1-4-5-10-26-30-18-23(17-29-25-9-7-6-8-24(25)27(32)33)31(26)19-21-11-13-22(14-12-21)28(34)35-16-15-20(2)3/h6-9,11-14,18,20,29H,4-5,10,15-17,19H2,1-3H3,(H,32,33). The van der Waals surface area contributed by atoms with Crippen LogP contribution >= 0.6 is 0 Å². The number of imidazole rings is 1. The minimum absolute atomic E-state index is 0.237. The Bertz CT molecular complexity index is 1120. The lowest BCUT2D eigenvalue weighted by atomic mass is 10.1. The molecule has 3 rings (SSSR count). The lowest BCUT2D eigenvalue weighted by Crippen LogP contribution is -2.13. The van der Waals surface area contributed by atoms with Crippen LogP contribution in [0.5, 0.6) is 0 Å². The fourth-order valence-corrected chi connectivity index (χ4v) is 3.73. The number of hydrogen-bond acceptors (Lipinski definition) is 5. The third-order valence-electron chi connectivity index (χ3n) is 5.85. The second kappa shape index (κ2) is 12.7. The summed E-state index contributed by atoms with van der Waals surface area (Å²) in [6.45, 7) is 7.83. The van der Waals surface area contributed by atoms with E-state index in [-0.39, 0.29) is 11.5 Å². The topological polar surface area (TPSA) is 93.5 Å². The monoisotopic (exact) mass is 477 g/mol. The summed E-state index contributed by atoms with van der Waals surface area (Å²) in [6, 6.07) is 14.4. The number of rotatable bonds is 13. The van der Waals surface area contributed by atoms with E-state index in [1.54, 1.807) is 30.3 Å². The third-order valence-corrected chi connectivity index (χ3v) is 5.85. The fraction of sp³-hybridized carbons (Fsp3) is 0.393. The number of carbonyl (C=O) groups excluding carboxylic acids is 1. The molecule has 0 unspecified atom stereocenters. The number of nitrogens with one attached hydrogen (secondary N) is 1. The van der Waals surface area contributed by atoms with Gasteiger partial charge in [0.25, 0.3) is 0 Å². The molecule has 0 radical (unpaired) electrons. The van der Waals surface area contributed by atoms with Crippen LogP contribution in [0.15, 0.2) is 54.7 Å². The molecule has 1 aromatic heterocycles. The zero-order chi connectivity index (χ0) is 25.2. The molecule has 0 fully saturated rings. The number of esters is 1. The van der Waals surface area contributed by atoms with Gasteiger partial charge in [0.2, 0.25) is 0 Å². The predicted molar refractivity (Wildman–Crippen MR) is 137 cm³/mol. The molecule has 7 nitrogen and oxygen atoms in total. The van der Waals surface area contributed by atoms with Crippen molar-refractivity contribution in [2.45, 2.75) is 59.5 Å². The van der Waals surface area contributed by atoms with Gasteiger partial charge in [-0.1, -0.05) is 51.5 Å². The zero-order valence-corrected chi connectivity index (χ0v) is 20.8. The molecule has 0 aliphatic carbocycles. The first-order valence-corrected chi connectivity index (χ1v) is 12.2. The van der Waals surface area contributed by atoms with E-state index < -0.39 is 5.97 Å². The molecule has 186 valence electrons. The minimum Gasteiger partial charge on any atom is -0.478 e. The van der Waals surface area contributed by atoms with Gasteiger partial charge in [0.05, 0.1) is 36.2 Å². The Kier molecular flexibility index (Phi) is 9.47. The average Bonchev–Trinajstić information content (AvgIpc) is 3.22. The molecule has 0 spiro atoms. The normalized spacial score (nSPS) is 11.0. The third kappa shape index (κ3) is 7.44. The van der Waals surface area contributed by atoms with Crippen LogP contribution in [0.1, 0.15) is 77.8 Å². The van der Waals surface area contributed by atoms with Gasteiger partial charge in [-0.3, -0.25) is 0 Å². The molecular formula is C28H35N3O4. The molecule has 2 aromatic carbocycles. The molecule has 0 aliphatic rings. The molecule has 7 heteroatoms. The van der Waals surface area contributed by atoms with Gasteiger partial charge in [0.1, 0.15) is 5.82 Å². The minimum atomic E-state index is -0.965. The number of aromatic nitrogens is 2. The van der Waals surface area contributed by atoms with Crippen molar-refractivity contribution in [2.75, 3.05) is 11.9 Å². The van der Waals surface area contributed by atoms with Crippen LogP contribution in [0.25, 0.3) is 0 Å². The van der Waals surface area contributed by atoms with Gasteiger partial charge in [0.15, 0.2) is 0 Å². The molecule has 35 heavy (non-hydrogen) atoms. The number of nitrogens with zero attached hydrogens (tertiary/aromatic N) is 2. The van der Waals surface area contributed by atoms with Gasteiger partial charge in [-0.15, -0.1) is 0 Å². The van der Waals surface area contributed by atoms with Crippen LogP contribution in [-0.2, 0) is 24.2 Å². The highest BCUT2D eigenvalue weighted by molar-refractivity contribution is 5.94. The molecule has 2 N–H and O–H groups in total. The van der Waals surface area contributed by atoms with E-state index in [4.69, 9.17) is 4.74 Å². The zero-order valence-electron chi connectivity index (χ0n) is 20.8. The summed E-state index contributed by atoms with van der Waals surface area (Å²) in [5.74, 6) is 0.217. The molecule has 3 aromatic rings. The summed E-state index contributed by atoms with van der Waals surface area (Å²) in [4.78, 5) is 28.5. The number of carbonyl (C=O) groups is 2. The van der Waals surface area contributed by atoms with Crippen molar-refractivity contribution in [3.8, 4) is 0 Å². The number of aromatic carboxylic acids is 1. The Morgan fingerprint density at radius 1 is 1.11 bits per heavy atom. The van der Waals surface area contributed by atoms with Gasteiger partial charge < -0.3 is 19.7 Å². The molecule has 0 bridgehead atoms. The molecule has 0 aliphatic heterocycles. The highest BCUT2D eigenvalue weighted by Gasteiger charge is 2.14. The second-order valence-electron chi connectivity index (χ2n) is 9.08. The first-order valence-electron chi connectivity index (χ1n) is 12.2. The number of ether oxygens (including phenoxy) is 1. The lowest BCUT2D eigenvalue weighted by molar-refractivity contribution is 0.0487. The summed E-state index contributed by atoms with van der Waals surface area (Å²) in [7, 11) is 0. The van der Waals surface area contributed by atoms with Gasteiger partial charge in [-0.25, -0.2) is 14.6 Å². The predicted octanol–water partition coefficient (Wildman–Crippen LogP) is 5.79. The van der Waals surface area contributed by atoms with Crippen LogP contribution in [0.2, 0.25) is 0 Å². The summed E-state index contributed by atoms with van der Waals surface area (Å²) in [5, 5.41) is 12.7. The van der Waals surface area contributed by atoms with E-state index >= 15 is 0 Å². The Morgan fingerprint density at radius 3 is 2.54 bits per heavy atom. The highest BCUT2D eigenvalue weighted by Crippen LogP contribution is 2.19. The van der Waals surface area contributed by atoms with Crippen LogP contribution in [0.3, 0.4) is 0 Å². The highest BCUT2D eigenvalue weighted by atomic mass is 16.5. The summed E-state index contributed by atoms with van der Waals surface area (Å²) >= 11 is 0. The number of unbranched alkanes of at least 4 members (excludes halogenated alkanes) is 1. The van der Waals surface area contributed by atoms with E-state index in [1.165, 1.54) is 0 Å². The van der Waals surface area contributed by atoms with Crippen molar-refractivity contribution < 1.29 is 19.4 Å².